The predicted octanol–water partition coefficient (Wildman–Crippen LogP) is 4.94. The van der Waals surface area contributed by atoms with E-state index < -0.39 is 11.6 Å². The maximum absolute atomic E-state index is 15.0. The molecular formula is C30H35F2N5O. The molecule has 3 aromatic rings. The van der Waals surface area contributed by atoms with Gasteiger partial charge in [0.25, 0.3) is 0 Å². The molecule has 2 aromatic carbocycles. The van der Waals surface area contributed by atoms with Crippen LogP contribution in [0.4, 0.5) is 14.5 Å². The molecule has 3 saturated heterocycles. The van der Waals surface area contributed by atoms with Gasteiger partial charge < -0.3 is 19.9 Å². The minimum absolute atomic E-state index is 0.334. The zero-order valence-electron chi connectivity index (χ0n) is 21.9. The van der Waals surface area contributed by atoms with Crippen LogP contribution >= 0.6 is 0 Å². The molecule has 2 bridgehead atoms. The molecular weight excluding hydrogens is 484 g/mol. The first-order valence-corrected chi connectivity index (χ1v) is 14.1. The highest BCUT2D eigenvalue weighted by atomic mass is 19.2. The van der Waals surface area contributed by atoms with E-state index in [1.54, 1.807) is 6.07 Å². The Labute approximate surface area is 222 Å². The monoisotopic (exact) mass is 519 g/mol. The number of halogens is 2. The van der Waals surface area contributed by atoms with Crippen LogP contribution in [0.25, 0.3) is 10.8 Å². The number of anilines is 1. The Morgan fingerprint density at radius 2 is 1.87 bits per heavy atom. The van der Waals surface area contributed by atoms with Gasteiger partial charge in [-0.3, -0.25) is 0 Å². The molecule has 0 spiro atoms. The van der Waals surface area contributed by atoms with Crippen molar-refractivity contribution in [3.8, 4) is 6.01 Å². The van der Waals surface area contributed by atoms with E-state index in [1.807, 2.05) is 18.2 Å². The van der Waals surface area contributed by atoms with Crippen molar-refractivity contribution >= 4 is 16.5 Å². The zero-order chi connectivity index (χ0) is 25.8. The van der Waals surface area contributed by atoms with Gasteiger partial charge in [-0.25, -0.2) is 8.78 Å². The number of hydrogen-bond acceptors (Lipinski definition) is 6. The second-order valence-electron chi connectivity index (χ2n) is 11.6. The van der Waals surface area contributed by atoms with E-state index in [0.29, 0.717) is 66.2 Å². The standard InChI is InChI=1S/C30H35F2N5O/c1-36-12-3-5-22(36)17-38-30-34-25-16-37(26-6-2-4-18-7-10-24(31)28(32)27(18)26)13-11-23(25)29(35-30)19-14-20-8-9-21(15-19)33-20/h2,4,6-7,10,19-22,33H,3,5,8-9,11-17H2,1H3/t19?,20-,21+,22-/m0/s1. The van der Waals surface area contributed by atoms with Crippen LogP contribution in [0.2, 0.25) is 0 Å². The lowest BCUT2D eigenvalue weighted by molar-refractivity contribution is 0.186. The fourth-order valence-corrected chi connectivity index (χ4v) is 7.24. The molecule has 8 heteroatoms. The summed E-state index contributed by atoms with van der Waals surface area (Å²) in [5.74, 6) is -1.21. The molecule has 3 fully saturated rings. The molecule has 6 nitrogen and oxygen atoms in total. The third-order valence-electron chi connectivity index (χ3n) is 9.27. The van der Waals surface area contributed by atoms with Crippen molar-refractivity contribution < 1.29 is 13.5 Å². The number of fused-ring (bicyclic) bond motifs is 4. The highest BCUT2D eigenvalue weighted by Crippen LogP contribution is 2.41. The number of piperidine rings is 1. The van der Waals surface area contributed by atoms with E-state index in [2.05, 4.69) is 22.2 Å². The topological polar surface area (TPSA) is 53.5 Å². The molecule has 4 aliphatic rings. The summed E-state index contributed by atoms with van der Waals surface area (Å²) >= 11 is 0. The van der Waals surface area contributed by atoms with Crippen molar-refractivity contribution in [1.82, 2.24) is 20.2 Å². The van der Waals surface area contributed by atoms with Crippen LogP contribution in [0.5, 0.6) is 6.01 Å². The smallest absolute Gasteiger partial charge is 0.316 e. The van der Waals surface area contributed by atoms with Gasteiger partial charge in [0.15, 0.2) is 11.6 Å². The van der Waals surface area contributed by atoms with Crippen LogP contribution in [-0.4, -0.2) is 59.7 Å². The average molecular weight is 520 g/mol. The molecule has 0 radical (unpaired) electrons. The van der Waals surface area contributed by atoms with Crippen LogP contribution in [0.3, 0.4) is 0 Å². The summed E-state index contributed by atoms with van der Waals surface area (Å²) in [4.78, 5) is 14.5. The van der Waals surface area contributed by atoms with Gasteiger partial charge in [0, 0.05) is 41.7 Å². The van der Waals surface area contributed by atoms with Crippen molar-refractivity contribution in [1.29, 1.82) is 0 Å². The fraction of sp³-hybridized carbons (Fsp3) is 0.533. The quantitative estimate of drug-likeness (QED) is 0.515. The first kappa shape index (κ1) is 24.2. The number of likely N-dealkylation sites (tertiary alicyclic amines) is 1. The first-order chi connectivity index (χ1) is 18.5. The van der Waals surface area contributed by atoms with E-state index in [9.17, 15) is 8.78 Å². The number of rotatable bonds is 5. The minimum Gasteiger partial charge on any atom is -0.462 e. The van der Waals surface area contributed by atoms with E-state index in [-0.39, 0.29) is 0 Å². The molecule has 0 saturated carbocycles. The van der Waals surface area contributed by atoms with Gasteiger partial charge in [-0.15, -0.1) is 0 Å². The lowest BCUT2D eigenvalue weighted by Gasteiger charge is -2.35. The minimum atomic E-state index is -0.819. The Hall–Kier alpha value is -2.84. The van der Waals surface area contributed by atoms with Crippen LogP contribution < -0.4 is 15.0 Å². The first-order valence-electron chi connectivity index (χ1n) is 14.1. The van der Waals surface area contributed by atoms with Gasteiger partial charge in [0.2, 0.25) is 0 Å². The summed E-state index contributed by atoms with van der Waals surface area (Å²) in [7, 11) is 2.15. The summed E-state index contributed by atoms with van der Waals surface area (Å²) in [6, 6.07) is 10.4. The highest BCUT2D eigenvalue weighted by Gasteiger charge is 2.37. The van der Waals surface area contributed by atoms with Crippen LogP contribution in [0, 0.1) is 11.6 Å². The summed E-state index contributed by atoms with van der Waals surface area (Å²) in [6.45, 7) is 2.92. The summed E-state index contributed by atoms with van der Waals surface area (Å²) in [5, 5.41) is 4.79. The SMILES string of the molecule is CN1CCC[C@H]1COc1nc2c(c(C3C[C@H]4CC[C@@H](C3)N4)n1)CCN(c1cccc3ccc(F)c(F)c13)C2. The number of benzene rings is 2. The summed E-state index contributed by atoms with van der Waals surface area (Å²) in [5.41, 5.74) is 4.04. The van der Waals surface area contributed by atoms with Crippen LogP contribution in [-0.2, 0) is 13.0 Å². The van der Waals surface area contributed by atoms with Crippen molar-refractivity contribution in [2.24, 2.45) is 0 Å². The Morgan fingerprint density at radius 1 is 1.03 bits per heavy atom. The number of nitrogens with zero attached hydrogens (tertiary/aromatic N) is 4. The molecule has 0 amide bonds. The highest BCUT2D eigenvalue weighted by molar-refractivity contribution is 5.95. The fourth-order valence-electron chi connectivity index (χ4n) is 7.24. The third kappa shape index (κ3) is 4.31. The molecule has 38 heavy (non-hydrogen) atoms. The molecule has 1 unspecified atom stereocenters. The molecule has 4 aliphatic heterocycles. The maximum Gasteiger partial charge on any atom is 0.316 e. The van der Waals surface area contributed by atoms with E-state index in [1.165, 1.54) is 30.9 Å². The summed E-state index contributed by atoms with van der Waals surface area (Å²) in [6.07, 6.45) is 7.78. The van der Waals surface area contributed by atoms with Gasteiger partial charge in [-0.1, -0.05) is 18.2 Å². The Kier molecular flexibility index (Phi) is 6.20. The molecule has 4 atom stereocenters. The maximum atomic E-state index is 15.0. The lowest BCUT2D eigenvalue weighted by Crippen LogP contribution is -2.39. The second kappa shape index (κ2) is 9.72. The molecule has 5 heterocycles. The molecule has 0 aliphatic carbocycles. The molecule has 1 aromatic heterocycles. The Balaban J connectivity index is 1.24. The van der Waals surface area contributed by atoms with Crippen molar-refractivity contribution in [3.63, 3.8) is 0 Å². The number of likely N-dealkylation sites (N-methyl/N-ethyl adjacent to an activating group) is 1. The van der Waals surface area contributed by atoms with Gasteiger partial charge in [0.05, 0.1) is 17.9 Å². The van der Waals surface area contributed by atoms with E-state index in [4.69, 9.17) is 14.7 Å². The number of nitrogens with one attached hydrogen (secondary N) is 1. The number of ether oxygens (including phenoxy) is 1. The van der Waals surface area contributed by atoms with Crippen LogP contribution in [0.15, 0.2) is 30.3 Å². The van der Waals surface area contributed by atoms with Gasteiger partial charge in [-0.05, 0) is 81.6 Å². The lowest BCUT2D eigenvalue weighted by atomic mass is 9.85. The largest absolute Gasteiger partial charge is 0.462 e. The number of aromatic nitrogens is 2. The van der Waals surface area contributed by atoms with Gasteiger partial charge in [-0.2, -0.15) is 9.97 Å². The normalized spacial score (nSPS) is 27.2. The van der Waals surface area contributed by atoms with E-state index >= 15 is 0 Å². The number of hydrogen-bond donors (Lipinski definition) is 1. The van der Waals surface area contributed by atoms with Gasteiger partial charge >= 0.3 is 6.01 Å². The van der Waals surface area contributed by atoms with Gasteiger partial charge in [0.1, 0.15) is 6.61 Å². The third-order valence-corrected chi connectivity index (χ3v) is 9.27. The van der Waals surface area contributed by atoms with Crippen LogP contribution in [0.1, 0.15) is 61.4 Å². The zero-order valence-corrected chi connectivity index (χ0v) is 21.9. The Morgan fingerprint density at radius 3 is 2.66 bits per heavy atom. The van der Waals surface area contributed by atoms with E-state index in [0.717, 1.165) is 43.6 Å². The average Bonchev–Trinajstić information content (AvgIpc) is 3.51. The molecule has 200 valence electrons. The van der Waals surface area contributed by atoms with Crippen molar-refractivity contribution in [3.05, 3.63) is 58.9 Å². The van der Waals surface area contributed by atoms with Crippen molar-refractivity contribution in [2.45, 2.75) is 75.5 Å². The Bertz CT molecular complexity index is 1350. The molecule has 1 N–H and O–H groups in total. The molecule has 7 rings (SSSR count). The van der Waals surface area contributed by atoms with Crippen molar-refractivity contribution in [2.75, 3.05) is 31.6 Å². The second-order valence-corrected chi connectivity index (χ2v) is 11.6. The summed E-state index contributed by atoms with van der Waals surface area (Å²) < 4.78 is 35.5. The predicted molar refractivity (Wildman–Crippen MR) is 144 cm³/mol.